The SMILES string of the molecule is CCN[C@H](C[C@@H](OC(C)=O)c1nc(C(=O)N[C@@H](Cc2ccc([N+](=O)[O-])cc2)C[C@H](C)C(=O)O)cs1)C(C)C. The Hall–Kier alpha value is -3.38. The highest BCUT2D eigenvalue weighted by Gasteiger charge is 2.27. The number of rotatable bonds is 15. The third-order valence-corrected chi connectivity index (χ3v) is 7.04. The lowest BCUT2D eigenvalue weighted by molar-refractivity contribution is -0.384. The Morgan fingerprint density at radius 1 is 1.16 bits per heavy atom. The number of nitrogens with zero attached hydrogens (tertiary/aromatic N) is 2. The van der Waals surface area contributed by atoms with E-state index in [-0.39, 0.29) is 36.2 Å². The maximum atomic E-state index is 13.1. The molecule has 38 heavy (non-hydrogen) atoms. The number of thiazole rings is 1. The fraction of sp³-hybridized carbons (Fsp3) is 0.538. The summed E-state index contributed by atoms with van der Waals surface area (Å²) in [7, 11) is 0. The topological polar surface area (TPSA) is 161 Å². The zero-order valence-electron chi connectivity index (χ0n) is 22.3. The molecule has 0 bridgehead atoms. The molecule has 1 heterocycles. The van der Waals surface area contributed by atoms with E-state index in [1.807, 2.05) is 6.92 Å². The average molecular weight is 549 g/mol. The van der Waals surface area contributed by atoms with Crippen LogP contribution in [0.3, 0.4) is 0 Å². The number of nitro groups is 1. The van der Waals surface area contributed by atoms with Gasteiger partial charge in [-0.05, 0) is 30.9 Å². The Bertz CT molecular complexity index is 1100. The minimum absolute atomic E-state index is 0.0561. The zero-order valence-corrected chi connectivity index (χ0v) is 23.1. The lowest BCUT2D eigenvalue weighted by atomic mass is 9.96. The van der Waals surface area contributed by atoms with Gasteiger partial charge < -0.3 is 20.5 Å². The molecule has 0 saturated heterocycles. The van der Waals surface area contributed by atoms with Gasteiger partial charge in [0.05, 0.1) is 10.8 Å². The van der Waals surface area contributed by atoms with Crippen LogP contribution in [0.2, 0.25) is 0 Å². The zero-order chi connectivity index (χ0) is 28.4. The first-order valence-electron chi connectivity index (χ1n) is 12.5. The smallest absolute Gasteiger partial charge is 0.306 e. The van der Waals surface area contributed by atoms with Crippen molar-refractivity contribution in [1.29, 1.82) is 0 Å². The molecule has 1 amide bonds. The van der Waals surface area contributed by atoms with E-state index in [4.69, 9.17) is 4.74 Å². The van der Waals surface area contributed by atoms with E-state index in [1.54, 1.807) is 24.4 Å². The predicted molar refractivity (Wildman–Crippen MR) is 143 cm³/mol. The van der Waals surface area contributed by atoms with E-state index < -0.39 is 40.8 Å². The Balaban J connectivity index is 2.22. The van der Waals surface area contributed by atoms with E-state index >= 15 is 0 Å². The molecule has 11 nitrogen and oxygen atoms in total. The monoisotopic (exact) mass is 548 g/mol. The van der Waals surface area contributed by atoms with Crippen LogP contribution < -0.4 is 10.6 Å². The molecule has 0 saturated carbocycles. The van der Waals surface area contributed by atoms with Crippen molar-refractivity contribution in [2.75, 3.05) is 6.54 Å². The standard InChI is InChI=1S/C26H36N4O7S/c1-6-27-21(15(2)3)13-23(37-17(5)31)25-29-22(14-38-25)24(32)28-19(11-16(4)26(33)34)12-18-7-9-20(10-8-18)30(35)36/h7-10,14-16,19,21,23,27H,6,11-13H2,1-5H3,(H,28,32)(H,33,34)/t16-,19+,21+,23+/m0/s1. The molecule has 0 spiro atoms. The predicted octanol–water partition coefficient (Wildman–Crippen LogP) is 4.13. The summed E-state index contributed by atoms with van der Waals surface area (Å²) in [5.74, 6) is -2.36. The first kappa shape index (κ1) is 30.8. The normalized spacial score (nSPS) is 14.4. The van der Waals surface area contributed by atoms with Crippen molar-refractivity contribution in [2.45, 2.75) is 72.1 Å². The average Bonchev–Trinajstić information content (AvgIpc) is 3.33. The van der Waals surface area contributed by atoms with Crippen LogP contribution in [0.1, 0.15) is 74.6 Å². The summed E-state index contributed by atoms with van der Waals surface area (Å²) < 4.78 is 5.55. The number of amides is 1. The van der Waals surface area contributed by atoms with Gasteiger partial charge in [0, 0.05) is 42.9 Å². The number of non-ortho nitro benzene ring substituents is 1. The largest absolute Gasteiger partial charge is 0.481 e. The second-order valence-electron chi connectivity index (χ2n) is 9.59. The van der Waals surface area contributed by atoms with Gasteiger partial charge in [0.25, 0.3) is 11.6 Å². The van der Waals surface area contributed by atoms with E-state index in [1.165, 1.54) is 30.4 Å². The number of benzene rings is 1. The molecule has 3 N–H and O–H groups in total. The van der Waals surface area contributed by atoms with Gasteiger partial charge >= 0.3 is 11.9 Å². The van der Waals surface area contributed by atoms with Gasteiger partial charge in [0.1, 0.15) is 10.7 Å². The molecule has 4 atom stereocenters. The van der Waals surface area contributed by atoms with E-state index in [0.717, 1.165) is 12.1 Å². The number of hydrogen-bond donors (Lipinski definition) is 3. The summed E-state index contributed by atoms with van der Waals surface area (Å²) in [5, 5.41) is 28.7. The first-order chi connectivity index (χ1) is 17.9. The summed E-state index contributed by atoms with van der Waals surface area (Å²) >= 11 is 1.22. The number of nitrogens with one attached hydrogen (secondary N) is 2. The highest BCUT2D eigenvalue weighted by molar-refractivity contribution is 7.09. The molecular formula is C26H36N4O7S. The number of carboxylic acid groups (broad SMARTS) is 1. The van der Waals surface area contributed by atoms with Crippen molar-refractivity contribution in [2.24, 2.45) is 11.8 Å². The van der Waals surface area contributed by atoms with Crippen molar-refractivity contribution in [3.05, 3.63) is 56.0 Å². The fourth-order valence-electron chi connectivity index (χ4n) is 4.04. The number of carbonyl (C=O) groups is 3. The number of nitro benzene ring substituents is 1. The molecule has 0 fully saturated rings. The van der Waals surface area contributed by atoms with Crippen molar-refractivity contribution in [3.8, 4) is 0 Å². The van der Waals surface area contributed by atoms with E-state index in [2.05, 4.69) is 29.5 Å². The van der Waals surface area contributed by atoms with E-state index in [9.17, 15) is 29.6 Å². The number of ether oxygens (including phenoxy) is 1. The van der Waals surface area contributed by atoms with Crippen molar-refractivity contribution in [3.63, 3.8) is 0 Å². The maximum absolute atomic E-state index is 13.1. The number of carbonyl (C=O) groups excluding carboxylic acids is 2. The van der Waals surface area contributed by atoms with Gasteiger partial charge in [-0.25, -0.2) is 4.98 Å². The van der Waals surface area contributed by atoms with Gasteiger partial charge in [-0.1, -0.05) is 39.8 Å². The van der Waals surface area contributed by atoms with Gasteiger partial charge in [-0.3, -0.25) is 24.5 Å². The van der Waals surface area contributed by atoms with Crippen LogP contribution in [0.15, 0.2) is 29.6 Å². The van der Waals surface area contributed by atoms with Crippen LogP contribution in [-0.2, 0) is 20.7 Å². The van der Waals surface area contributed by atoms with Crippen LogP contribution in [0.5, 0.6) is 0 Å². The quantitative estimate of drug-likeness (QED) is 0.169. The first-order valence-corrected chi connectivity index (χ1v) is 13.4. The third kappa shape index (κ3) is 9.49. The molecular weight excluding hydrogens is 512 g/mol. The fourth-order valence-corrected chi connectivity index (χ4v) is 4.88. The lowest BCUT2D eigenvalue weighted by Gasteiger charge is -2.25. The molecule has 0 radical (unpaired) electrons. The van der Waals surface area contributed by atoms with E-state index in [0.29, 0.717) is 11.4 Å². The minimum atomic E-state index is -0.992. The second kappa shape index (κ2) is 14.5. The lowest BCUT2D eigenvalue weighted by Crippen LogP contribution is -2.39. The second-order valence-corrected chi connectivity index (χ2v) is 10.5. The third-order valence-electron chi connectivity index (χ3n) is 6.10. The Labute approximate surface area is 226 Å². The summed E-state index contributed by atoms with van der Waals surface area (Å²) in [5.41, 5.74) is 0.804. The van der Waals surface area contributed by atoms with Crippen LogP contribution in [0.25, 0.3) is 0 Å². The molecule has 2 aromatic rings. The number of esters is 1. The molecule has 0 unspecified atom stereocenters. The summed E-state index contributed by atoms with van der Waals surface area (Å²) in [6.07, 6.45) is 0.323. The summed E-state index contributed by atoms with van der Waals surface area (Å²) in [6, 6.07) is 5.44. The molecule has 12 heteroatoms. The van der Waals surface area contributed by atoms with Gasteiger partial charge in [0.15, 0.2) is 6.10 Å². The summed E-state index contributed by atoms with van der Waals surface area (Å²) in [4.78, 5) is 51.2. The van der Waals surface area contributed by atoms with Gasteiger partial charge in [-0.15, -0.1) is 11.3 Å². The molecule has 0 aliphatic rings. The minimum Gasteiger partial charge on any atom is -0.481 e. The van der Waals surface area contributed by atoms with Crippen LogP contribution in [-0.4, -0.2) is 51.5 Å². The van der Waals surface area contributed by atoms with Gasteiger partial charge in [-0.2, -0.15) is 0 Å². The Morgan fingerprint density at radius 3 is 2.34 bits per heavy atom. The maximum Gasteiger partial charge on any atom is 0.306 e. The number of hydrogen-bond acceptors (Lipinski definition) is 9. The highest BCUT2D eigenvalue weighted by atomic mass is 32.1. The van der Waals surface area contributed by atoms with Crippen molar-refractivity contribution < 1.29 is 29.2 Å². The van der Waals surface area contributed by atoms with Crippen LogP contribution in [0.4, 0.5) is 5.69 Å². The molecule has 1 aromatic heterocycles. The molecule has 0 aliphatic carbocycles. The van der Waals surface area contributed by atoms with Crippen molar-refractivity contribution in [1.82, 2.24) is 15.6 Å². The number of aliphatic carboxylic acids is 1. The van der Waals surface area contributed by atoms with Crippen LogP contribution in [0, 0.1) is 22.0 Å². The van der Waals surface area contributed by atoms with Crippen molar-refractivity contribution >= 4 is 34.9 Å². The Morgan fingerprint density at radius 2 is 1.82 bits per heavy atom. The molecule has 208 valence electrons. The molecule has 2 rings (SSSR count). The highest BCUT2D eigenvalue weighted by Crippen LogP contribution is 2.28. The number of carboxylic acids is 1. The summed E-state index contributed by atoms with van der Waals surface area (Å²) in [6.45, 7) is 9.78. The Kier molecular flexibility index (Phi) is 11.8. The molecule has 0 aliphatic heterocycles. The number of aromatic nitrogens is 1. The molecule has 1 aromatic carbocycles. The van der Waals surface area contributed by atoms with Gasteiger partial charge in [0.2, 0.25) is 0 Å². The van der Waals surface area contributed by atoms with Crippen LogP contribution >= 0.6 is 11.3 Å².